The Balaban J connectivity index is 2.33. The Hall–Kier alpha value is -1.88. The molecule has 0 aliphatic carbocycles. The first kappa shape index (κ1) is 15.5. The fourth-order valence-corrected chi connectivity index (χ4v) is 2.55. The second kappa shape index (κ2) is 5.85. The number of aliphatic carboxylic acids is 1. The molecule has 2 rings (SSSR count). The number of nitrogens with zero attached hydrogens (tertiary/aromatic N) is 2. The van der Waals surface area contributed by atoms with Gasteiger partial charge in [0, 0.05) is 42.5 Å². The van der Waals surface area contributed by atoms with Crippen LogP contribution in [0.5, 0.6) is 0 Å². The summed E-state index contributed by atoms with van der Waals surface area (Å²) in [5, 5.41) is 8.76. The Bertz CT molecular complexity index is 569. The topological polar surface area (TPSA) is 43.8 Å². The van der Waals surface area contributed by atoms with Gasteiger partial charge >= 0.3 is 5.97 Å². The van der Waals surface area contributed by atoms with Crippen LogP contribution in [0.25, 0.3) is 6.08 Å². The molecule has 1 heterocycles. The lowest BCUT2D eigenvalue weighted by atomic mass is 9.98. The molecule has 0 unspecified atom stereocenters. The summed E-state index contributed by atoms with van der Waals surface area (Å²) in [5.74, 6) is -1.40. The van der Waals surface area contributed by atoms with Crippen molar-refractivity contribution in [2.45, 2.75) is 19.4 Å². The molecule has 1 fully saturated rings. The van der Waals surface area contributed by atoms with E-state index in [0.717, 1.165) is 31.4 Å². The largest absolute Gasteiger partial charge is 0.478 e. The predicted octanol–water partition coefficient (Wildman–Crippen LogP) is 2.45. The van der Waals surface area contributed by atoms with Crippen LogP contribution >= 0.6 is 0 Å². The van der Waals surface area contributed by atoms with E-state index in [-0.39, 0.29) is 11.4 Å². The van der Waals surface area contributed by atoms with E-state index >= 15 is 0 Å². The molecule has 0 bridgehead atoms. The number of hydrogen-bond acceptors (Lipinski definition) is 3. The van der Waals surface area contributed by atoms with E-state index in [4.69, 9.17) is 5.11 Å². The average molecular weight is 292 g/mol. The highest BCUT2D eigenvalue weighted by molar-refractivity contribution is 5.87. The highest BCUT2D eigenvalue weighted by Gasteiger charge is 2.31. The molecule has 1 saturated heterocycles. The Morgan fingerprint density at radius 2 is 2.10 bits per heavy atom. The minimum absolute atomic E-state index is 0.0143. The number of carbonyl (C=O) groups is 1. The Labute approximate surface area is 124 Å². The van der Waals surface area contributed by atoms with Crippen LogP contribution in [0.3, 0.4) is 0 Å². The van der Waals surface area contributed by atoms with E-state index in [9.17, 15) is 9.18 Å². The molecule has 1 aromatic rings. The van der Waals surface area contributed by atoms with E-state index in [1.807, 2.05) is 0 Å². The standard InChI is InChI=1S/C16H21FN2O2/c1-16(2)11-19(9-8-18(16)3)14-6-5-13(17)10-12(14)4-7-15(20)21/h4-7,10H,8-9,11H2,1-3H3,(H,20,21). The van der Waals surface area contributed by atoms with Gasteiger partial charge in [0.1, 0.15) is 5.82 Å². The molecule has 1 aliphatic heterocycles. The molecular formula is C16H21FN2O2. The van der Waals surface area contributed by atoms with Crippen molar-refractivity contribution in [3.05, 3.63) is 35.7 Å². The number of likely N-dealkylation sites (N-methyl/N-ethyl adjacent to an activating group) is 1. The van der Waals surface area contributed by atoms with Crippen molar-refractivity contribution in [1.29, 1.82) is 0 Å². The maximum Gasteiger partial charge on any atom is 0.328 e. The van der Waals surface area contributed by atoms with Gasteiger partial charge in [-0.2, -0.15) is 0 Å². The van der Waals surface area contributed by atoms with Gasteiger partial charge in [0.15, 0.2) is 0 Å². The number of piperazine rings is 1. The molecule has 5 heteroatoms. The third-order valence-corrected chi connectivity index (χ3v) is 4.05. The highest BCUT2D eigenvalue weighted by Crippen LogP contribution is 2.28. The van der Waals surface area contributed by atoms with Crippen LogP contribution in [-0.2, 0) is 4.79 Å². The fourth-order valence-electron chi connectivity index (χ4n) is 2.55. The van der Waals surface area contributed by atoms with Crippen molar-refractivity contribution in [3.63, 3.8) is 0 Å². The molecule has 1 aromatic carbocycles. The molecule has 0 saturated carbocycles. The quantitative estimate of drug-likeness (QED) is 0.869. The van der Waals surface area contributed by atoms with Crippen molar-refractivity contribution < 1.29 is 14.3 Å². The first-order chi connectivity index (χ1) is 9.79. The third-order valence-electron chi connectivity index (χ3n) is 4.05. The van der Waals surface area contributed by atoms with Gasteiger partial charge in [-0.1, -0.05) is 0 Å². The molecule has 0 radical (unpaired) electrons. The lowest BCUT2D eigenvalue weighted by Gasteiger charge is -2.46. The molecule has 0 aromatic heterocycles. The van der Waals surface area contributed by atoms with Crippen LogP contribution < -0.4 is 4.90 Å². The molecule has 0 amide bonds. The van der Waals surface area contributed by atoms with Crippen molar-refractivity contribution in [2.75, 3.05) is 31.6 Å². The lowest BCUT2D eigenvalue weighted by Crippen LogP contribution is -2.57. The predicted molar refractivity (Wildman–Crippen MR) is 82.0 cm³/mol. The molecule has 114 valence electrons. The van der Waals surface area contributed by atoms with Gasteiger partial charge in [0.25, 0.3) is 0 Å². The second-order valence-electron chi connectivity index (χ2n) is 6.03. The van der Waals surface area contributed by atoms with Crippen LogP contribution in [0.2, 0.25) is 0 Å². The molecule has 1 N–H and O–H groups in total. The number of carboxylic acid groups (broad SMARTS) is 1. The van der Waals surface area contributed by atoms with Gasteiger partial charge in [0.2, 0.25) is 0 Å². The molecule has 4 nitrogen and oxygen atoms in total. The number of carboxylic acids is 1. The highest BCUT2D eigenvalue weighted by atomic mass is 19.1. The Kier molecular flexibility index (Phi) is 4.32. The van der Waals surface area contributed by atoms with Crippen LogP contribution in [0.1, 0.15) is 19.4 Å². The second-order valence-corrected chi connectivity index (χ2v) is 6.03. The van der Waals surface area contributed by atoms with Crippen LogP contribution in [0.15, 0.2) is 24.3 Å². The molecule has 21 heavy (non-hydrogen) atoms. The first-order valence-corrected chi connectivity index (χ1v) is 6.96. The Morgan fingerprint density at radius 1 is 1.38 bits per heavy atom. The summed E-state index contributed by atoms with van der Waals surface area (Å²) in [5.41, 5.74) is 1.48. The van der Waals surface area contributed by atoms with E-state index in [1.165, 1.54) is 18.2 Å². The van der Waals surface area contributed by atoms with Gasteiger partial charge in [-0.05, 0) is 45.2 Å². The zero-order chi connectivity index (χ0) is 15.6. The molecule has 1 aliphatic rings. The van der Waals surface area contributed by atoms with Crippen molar-refractivity contribution >= 4 is 17.7 Å². The number of halogens is 1. The minimum Gasteiger partial charge on any atom is -0.478 e. The maximum absolute atomic E-state index is 13.4. The minimum atomic E-state index is -1.04. The van der Waals surface area contributed by atoms with Gasteiger partial charge in [0.05, 0.1) is 0 Å². The van der Waals surface area contributed by atoms with Crippen molar-refractivity contribution in [3.8, 4) is 0 Å². The first-order valence-electron chi connectivity index (χ1n) is 6.96. The molecule has 0 spiro atoms. The zero-order valence-corrected chi connectivity index (χ0v) is 12.6. The summed E-state index contributed by atoms with van der Waals surface area (Å²) in [4.78, 5) is 15.2. The number of hydrogen-bond donors (Lipinski definition) is 1. The van der Waals surface area contributed by atoms with E-state index in [1.54, 1.807) is 6.07 Å². The zero-order valence-electron chi connectivity index (χ0n) is 12.6. The smallest absolute Gasteiger partial charge is 0.328 e. The lowest BCUT2D eigenvalue weighted by molar-refractivity contribution is -0.131. The van der Waals surface area contributed by atoms with Crippen LogP contribution in [-0.4, -0.2) is 48.2 Å². The summed E-state index contributed by atoms with van der Waals surface area (Å²) < 4.78 is 13.4. The van der Waals surface area contributed by atoms with Gasteiger partial charge in [-0.15, -0.1) is 0 Å². The molecular weight excluding hydrogens is 271 g/mol. The summed E-state index contributed by atoms with van der Waals surface area (Å²) in [6.45, 7) is 6.87. The normalized spacial score (nSPS) is 19.1. The fraction of sp³-hybridized carbons (Fsp3) is 0.438. The van der Waals surface area contributed by atoms with Crippen LogP contribution in [0.4, 0.5) is 10.1 Å². The maximum atomic E-state index is 13.4. The summed E-state index contributed by atoms with van der Waals surface area (Å²) in [7, 11) is 2.09. The van der Waals surface area contributed by atoms with Crippen molar-refractivity contribution in [2.24, 2.45) is 0 Å². The molecule has 0 atom stereocenters. The van der Waals surface area contributed by atoms with Gasteiger partial charge in [-0.3, -0.25) is 4.90 Å². The van der Waals surface area contributed by atoms with Gasteiger partial charge in [-0.25, -0.2) is 9.18 Å². The Morgan fingerprint density at radius 3 is 2.71 bits per heavy atom. The summed E-state index contributed by atoms with van der Waals surface area (Å²) in [6.07, 6.45) is 2.49. The summed E-state index contributed by atoms with van der Waals surface area (Å²) in [6, 6.07) is 4.51. The average Bonchev–Trinajstić information content (AvgIpc) is 2.39. The third kappa shape index (κ3) is 3.61. The van der Waals surface area contributed by atoms with Gasteiger partial charge < -0.3 is 10.0 Å². The number of rotatable bonds is 3. The monoisotopic (exact) mass is 292 g/mol. The van der Waals surface area contributed by atoms with Crippen molar-refractivity contribution in [1.82, 2.24) is 4.90 Å². The van der Waals surface area contributed by atoms with E-state index in [2.05, 4.69) is 30.7 Å². The van der Waals surface area contributed by atoms with Crippen LogP contribution in [0, 0.1) is 5.82 Å². The SMILES string of the molecule is CN1CCN(c2ccc(F)cc2C=CC(=O)O)CC1(C)C. The van der Waals surface area contributed by atoms with E-state index < -0.39 is 5.97 Å². The number of benzene rings is 1. The summed E-state index contributed by atoms with van der Waals surface area (Å²) >= 11 is 0. The van der Waals surface area contributed by atoms with E-state index in [0.29, 0.717) is 5.56 Å². The number of anilines is 1.